The van der Waals surface area contributed by atoms with E-state index in [-0.39, 0.29) is 11.8 Å². The third kappa shape index (κ3) is 4.21. The molecule has 1 unspecified atom stereocenters. The molecule has 3 N–H and O–H groups in total. The van der Waals surface area contributed by atoms with Crippen LogP contribution in [0.15, 0.2) is 24.3 Å². The smallest absolute Gasteiger partial charge is 0.224 e. The van der Waals surface area contributed by atoms with Crippen LogP contribution in [0.2, 0.25) is 0 Å². The zero-order valence-corrected chi connectivity index (χ0v) is 13.0. The zero-order valence-electron chi connectivity index (χ0n) is 13.0. The summed E-state index contributed by atoms with van der Waals surface area (Å²) in [5.74, 6) is 0.0867. The first kappa shape index (κ1) is 15.8. The number of nitrogens with one attached hydrogen (secondary N) is 1. The van der Waals surface area contributed by atoms with Crippen molar-refractivity contribution in [1.82, 2.24) is 5.32 Å². The van der Waals surface area contributed by atoms with Gasteiger partial charge in [0.15, 0.2) is 0 Å². The summed E-state index contributed by atoms with van der Waals surface area (Å²) in [6.45, 7) is 5.35. The Bertz CT molecular complexity index is 461. The van der Waals surface area contributed by atoms with Gasteiger partial charge in [-0.2, -0.15) is 0 Å². The number of hydrogen-bond donors (Lipinski definition) is 2. The third-order valence-electron chi connectivity index (χ3n) is 4.18. The molecule has 1 aromatic carbocycles. The van der Waals surface area contributed by atoms with E-state index in [2.05, 4.69) is 41.4 Å². The fraction of sp³-hybridized carbons (Fsp3) is 0.588. The van der Waals surface area contributed by atoms with Crippen LogP contribution in [0, 0.1) is 5.92 Å². The summed E-state index contributed by atoms with van der Waals surface area (Å²) in [7, 11) is 0. The second-order valence-electron chi connectivity index (χ2n) is 5.73. The van der Waals surface area contributed by atoms with Gasteiger partial charge >= 0.3 is 0 Å². The number of carbonyl (C=O) groups excluding carboxylic acids is 1. The first-order valence-corrected chi connectivity index (χ1v) is 8.07. The van der Waals surface area contributed by atoms with Crippen LogP contribution in [0.5, 0.6) is 0 Å². The molecule has 0 saturated heterocycles. The van der Waals surface area contributed by atoms with Gasteiger partial charge in [0.25, 0.3) is 0 Å². The molecule has 0 saturated carbocycles. The first-order valence-electron chi connectivity index (χ1n) is 8.07. The Balaban J connectivity index is 1.70. The van der Waals surface area contributed by atoms with Gasteiger partial charge in [-0.1, -0.05) is 31.5 Å². The summed E-state index contributed by atoms with van der Waals surface area (Å²) in [5.41, 5.74) is 8.44. The first-order chi connectivity index (χ1) is 10.3. The van der Waals surface area contributed by atoms with Crippen molar-refractivity contribution >= 4 is 11.6 Å². The van der Waals surface area contributed by atoms with Crippen LogP contribution < -0.4 is 16.0 Å². The fourth-order valence-electron chi connectivity index (χ4n) is 2.97. The lowest BCUT2D eigenvalue weighted by molar-refractivity contribution is -0.124. The van der Waals surface area contributed by atoms with Crippen molar-refractivity contribution in [3.63, 3.8) is 0 Å². The molecule has 0 bridgehead atoms. The Hall–Kier alpha value is -1.55. The predicted molar refractivity (Wildman–Crippen MR) is 87.4 cm³/mol. The topological polar surface area (TPSA) is 58.4 Å². The van der Waals surface area contributed by atoms with E-state index in [9.17, 15) is 4.79 Å². The molecule has 1 aromatic rings. The summed E-state index contributed by atoms with van der Waals surface area (Å²) < 4.78 is 0. The average molecular weight is 289 g/mol. The molecule has 1 heterocycles. The van der Waals surface area contributed by atoms with Gasteiger partial charge in [0.1, 0.15) is 0 Å². The molecular formula is C17H27N3O. The molecule has 116 valence electrons. The van der Waals surface area contributed by atoms with Gasteiger partial charge in [-0.15, -0.1) is 0 Å². The van der Waals surface area contributed by atoms with Gasteiger partial charge in [-0.05, 0) is 30.9 Å². The lowest BCUT2D eigenvalue weighted by Crippen LogP contribution is -2.36. The van der Waals surface area contributed by atoms with Crippen LogP contribution in [-0.4, -0.2) is 32.1 Å². The van der Waals surface area contributed by atoms with Gasteiger partial charge in [-0.3, -0.25) is 4.79 Å². The minimum atomic E-state index is -0.0255. The monoisotopic (exact) mass is 289 g/mol. The zero-order chi connectivity index (χ0) is 15.1. The maximum atomic E-state index is 12.0. The largest absolute Gasteiger partial charge is 0.371 e. The fourth-order valence-corrected chi connectivity index (χ4v) is 2.97. The average Bonchev–Trinajstić information content (AvgIpc) is 2.92. The normalized spacial score (nSPS) is 14.9. The molecule has 1 aliphatic heterocycles. The summed E-state index contributed by atoms with van der Waals surface area (Å²) in [6.07, 6.45) is 3.99. The molecule has 4 nitrogen and oxygen atoms in total. The van der Waals surface area contributed by atoms with Crippen molar-refractivity contribution in [3.8, 4) is 0 Å². The lowest BCUT2D eigenvalue weighted by atomic mass is 10.0. The number of anilines is 1. The molecule has 0 fully saturated rings. The minimum absolute atomic E-state index is 0.0255. The maximum absolute atomic E-state index is 12.0. The molecule has 4 heteroatoms. The van der Waals surface area contributed by atoms with E-state index in [1.165, 1.54) is 11.3 Å². The standard InChI is InChI=1S/C17H27N3O/c1-2-6-15(13-18)17(21)19-10-5-11-20-12-9-14-7-3-4-8-16(14)20/h3-4,7-8,15H,2,5-6,9-13,18H2,1H3,(H,19,21). The van der Waals surface area contributed by atoms with Crippen LogP contribution in [0.4, 0.5) is 5.69 Å². The number of nitrogens with zero attached hydrogens (tertiary/aromatic N) is 1. The predicted octanol–water partition coefficient (Wildman–Crippen LogP) is 1.93. The molecule has 21 heavy (non-hydrogen) atoms. The van der Waals surface area contributed by atoms with E-state index < -0.39 is 0 Å². The van der Waals surface area contributed by atoms with Crippen molar-refractivity contribution in [2.24, 2.45) is 11.7 Å². The SMILES string of the molecule is CCCC(CN)C(=O)NCCCN1CCc2ccccc21. The molecular weight excluding hydrogens is 262 g/mol. The molecule has 0 aromatic heterocycles. The summed E-state index contributed by atoms with van der Waals surface area (Å²) in [4.78, 5) is 14.4. The maximum Gasteiger partial charge on any atom is 0.224 e. The van der Waals surface area contributed by atoms with Gasteiger partial charge in [0, 0.05) is 31.9 Å². The second-order valence-corrected chi connectivity index (χ2v) is 5.73. The molecule has 0 spiro atoms. The Morgan fingerprint density at radius 1 is 1.43 bits per heavy atom. The molecule has 1 atom stereocenters. The van der Waals surface area contributed by atoms with E-state index in [1.54, 1.807) is 0 Å². The number of benzene rings is 1. The minimum Gasteiger partial charge on any atom is -0.371 e. The second kappa shape index (κ2) is 8.03. The number of rotatable bonds is 8. The number of amides is 1. The highest BCUT2D eigenvalue weighted by atomic mass is 16.1. The van der Waals surface area contributed by atoms with Gasteiger partial charge < -0.3 is 16.0 Å². The van der Waals surface area contributed by atoms with Crippen molar-refractivity contribution in [1.29, 1.82) is 0 Å². The van der Waals surface area contributed by atoms with E-state index in [1.807, 2.05) is 0 Å². The van der Waals surface area contributed by atoms with Crippen LogP contribution in [0.25, 0.3) is 0 Å². The highest BCUT2D eigenvalue weighted by Crippen LogP contribution is 2.27. The molecule has 1 aliphatic rings. The quantitative estimate of drug-likeness (QED) is 0.719. The number of fused-ring (bicyclic) bond motifs is 1. The number of carbonyl (C=O) groups is 1. The Morgan fingerprint density at radius 2 is 2.24 bits per heavy atom. The van der Waals surface area contributed by atoms with Crippen molar-refractivity contribution in [2.75, 3.05) is 31.1 Å². The number of hydrogen-bond acceptors (Lipinski definition) is 3. The lowest BCUT2D eigenvalue weighted by Gasteiger charge is -2.20. The molecule has 2 rings (SSSR count). The van der Waals surface area contributed by atoms with Gasteiger partial charge in [0.2, 0.25) is 5.91 Å². The summed E-state index contributed by atoms with van der Waals surface area (Å²) in [6, 6.07) is 8.58. The van der Waals surface area contributed by atoms with Gasteiger partial charge in [0.05, 0.1) is 5.92 Å². The van der Waals surface area contributed by atoms with Crippen molar-refractivity contribution < 1.29 is 4.79 Å². The summed E-state index contributed by atoms with van der Waals surface area (Å²) in [5, 5.41) is 3.02. The van der Waals surface area contributed by atoms with Crippen LogP contribution in [0.3, 0.4) is 0 Å². The Morgan fingerprint density at radius 3 is 3.00 bits per heavy atom. The molecule has 1 amide bonds. The Kier molecular flexibility index (Phi) is 6.05. The van der Waals surface area contributed by atoms with E-state index in [4.69, 9.17) is 5.73 Å². The van der Waals surface area contributed by atoms with E-state index in [0.717, 1.165) is 45.3 Å². The van der Waals surface area contributed by atoms with E-state index in [0.29, 0.717) is 6.54 Å². The van der Waals surface area contributed by atoms with Crippen molar-refractivity contribution in [2.45, 2.75) is 32.6 Å². The van der Waals surface area contributed by atoms with Crippen LogP contribution in [-0.2, 0) is 11.2 Å². The number of nitrogens with two attached hydrogens (primary N) is 1. The van der Waals surface area contributed by atoms with Crippen LogP contribution >= 0.6 is 0 Å². The highest BCUT2D eigenvalue weighted by Gasteiger charge is 2.18. The molecule has 0 aliphatic carbocycles. The van der Waals surface area contributed by atoms with Crippen LogP contribution in [0.1, 0.15) is 31.7 Å². The van der Waals surface area contributed by atoms with E-state index >= 15 is 0 Å². The van der Waals surface area contributed by atoms with Crippen molar-refractivity contribution in [3.05, 3.63) is 29.8 Å². The summed E-state index contributed by atoms with van der Waals surface area (Å²) >= 11 is 0. The third-order valence-corrected chi connectivity index (χ3v) is 4.18. The van der Waals surface area contributed by atoms with Gasteiger partial charge in [-0.25, -0.2) is 0 Å². The Labute approximate surface area is 127 Å². The molecule has 0 radical (unpaired) electrons. The highest BCUT2D eigenvalue weighted by molar-refractivity contribution is 5.78. The number of para-hydroxylation sites is 1.